The van der Waals surface area contributed by atoms with Crippen LogP contribution in [0.15, 0.2) is 202 Å². The summed E-state index contributed by atoms with van der Waals surface area (Å²) in [5.74, 6) is 1.58. The molecule has 1 aromatic heterocycles. The number of benzene rings is 9. The Morgan fingerprint density at radius 3 is 1.79 bits per heavy atom. The maximum Gasteiger partial charge on any atom is 0.169 e. The number of aliphatic imine (C=N–C) groups is 2. The number of fused-ring (bicyclic) bond motifs is 10. The minimum absolute atomic E-state index is 0.356. The molecule has 270 valence electrons. The summed E-state index contributed by atoms with van der Waals surface area (Å²) >= 11 is 0. The van der Waals surface area contributed by atoms with E-state index in [1.54, 1.807) is 0 Å². The fourth-order valence-electron chi connectivity index (χ4n) is 10.2. The van der Waals surface area contributed by atoms with Crippen molar-refractivity contribution in [3.63, 3.8) is 0 Å². The van der Waals surface area contributed by atoms with Crippen LogP contribution in [0.4, 0.5) is 0 Å². The van der Waals surface area contributed by atoms with Gasteiger partial charge in [-0.2, -0.15) is 0 Å². The molecule has 3 aliphatic rings. The van der Waals surface area contributed by atoms with E-state index in [1.165, 1.54) is 60.5 Å². The first kappa shape index (κ1) is 31.6. The van der Waals surface area contributed by atoms with Crippen molar-refractivity contribution in [1.82, 2.24) is 5.32 Å². The number of hydrogen-bond acceptors (Lipinski definition) is 4. The largest absolute Gasteiger partial charge is 0.456 e. The summed E-state index contributed by atoms with van der Waals surface area (Å²) in [5.41, 5.74) is 14.8. The number of hydrogen-bond donors (Lipinski definition) is 1. The molecule has 4 nitrogen and oxygen atoms in total. The number of nitrogens with one attached hydrogen (secondary N) is 1. The van der Waals surface area contributed by atoms with Gasteiger partial charge in [0.05, 0.1) is 5.41 Å². The lowest BCUT2D eigenvalue weighted by molar-refractivity contribution is 0.668. The molecule has 4 heteroatoms. The second kappa shape index (κ2) is 11.7. The van der Waals surface area contributed by atoms with Crippen molar-refractivity contribution in [1.29, 1.82) is 0 Å². The molecule has 2 aliphatic carbocycles. The molecular weight excluding hydrogens is 707 g/mol. The summed E-state index contributed by atoms with van der Waals surface area (Å²) in [6.45, 7) is 0. The van der Waals surface area contributed by atoms with Crippen molar-refractivity contribution in [3.8, 4) is 22.3 Å². The molecule has 13 rings (SSSR count). The third-order valence-electron chi connectivity index (χ3n) is 12.7. The monoisotopic (exact) mass is 739 g/mol. The van der Waals surface area contributed by atoms with Crippen LogP contribution in [-0.4, -0.2) is 11.7 Å². The highest BCUT2D eigenvalue weighted by atomic mass is 16.3. The first-order valence-corrected chi connectivity index (χ1v) is 19.9. The first-order valence-electron chi connectivity index (χ1n) is 19.9. The summed E-state index contributed by atoms with van der Waals surface area (Å²) in [5, 5.41) is 11.1. The second-order valence-corrected chi connectivity index (χ2v) is 15.7. The van der Waals surface area contributed by atoms with Crippen molar-refractivity contribution in [3.05, 3.63) is 227 Å². The quantitative estimate of drug-likeness (QED) is 0.183. The smallest absolute Gasteiger partial charge is 0.169 e. The molecule has 2 heterocycles. The predicted octanol–water partition coefficient (Wildman–Crippen LogP) is 12.7. The minimum Gasteiger partial charge on any atom is -0.456 e. The van der Waals surface area contributed by atoms with Crippen LogP contribution in [0.1, 0.15) is 45.1 Å². The van der Waals surface area contributed by atoms with Crippen LogP contribution in [0, 0.1) is 0 Å². The molecule has 58 heavy (non-hydrogen) atoms. The number of furan rings is 1. The van der Waals surface area contributed by atoms with E-state index in [-0.39, 0.29) is 5.41 Å². The summed E-state index contributed by atoms with van der Waals surface area (Å²) in [6, 6.07) is 68.0. The minimum atomic E-state index is -0.424. The Hall–Kier alpha value is -7.56. The molecule has 0 bridgehead atoms. The summed E-state index contributed by atoms with van der Waals surface area (Å²) < 4.78 is 6.14. The Kier molecular flexibility index (Phi) is 6.40. The van der Waals surface area contributed by atoms with Gasteiger partial charge in [-0.3, -0.25) is 0 Å². The molecule has 1 aliphatic heterocycles. The van der Waals surface area contributed by atoms with E-state index in [0.29, 0.717) is 0 Å². The summed E-state index contributed by atoms with van der Waals surface area (Å²) in [4.78, 5) is 10.4. The lowest BCUT2D eigenvalue weighted by Gasteiger charge is -2.30. The average molecular weight is 740 g/mol. The highest BCUT2D eigenvalue weighted by Gasteiger charge is 2.50. The Balaban J connectivity index is 0.903. The highest BCUT2D eigenvalue weighted by molar-refractivity contribution is 6.18. The zero-order valence-corrected chi connectivity index (χ0v) is 31.3. The van der Waals surface area contributed by atoms with E-state index >= 15 is 0 Å². The molecule has 1 atom stereocenters. The van der Waals surface area contributed by atoms with E-state index in [2.05, 4.69) is 151 Å². The predicted molar refractivity (Wildman–Crippen MR) is 237 cm³/mol. The van der Waals surface area contributed by atoms with Gasteiger partial charge < -0.3 is 9.73 Å². The average Bonchev–Trinajstić information content (AvgIpc) is 3.93. The van der Waals surface area contributed by atoms with Crippen LogP contribution in [0.25, 0.3) is 65.7 Å². The lowest BCUT2D eigenvalue weighted by Crippen LogP contribution is -2.36. The number of amidine groups is 2. The van der Waals surface area contributed by atoms with E-state index < -0.39 is 6.17 Å². The summed E-state index contributed by atoms with van der Waals surface area (Å²) in [7, 11) is 0. The van der Waals surface area contributed by atoms with Gasteiger partial charge in [0.15, 0.2) is 6.17 Å². The lowest BCUT2D eigenvalue weighted by atomic mass is 9.70. The van der Waals surface area contributed by atoms with Crippen LogP contribution in [0.2, 0.25) is 0 Å². The third-order valence-corrected chi connectivity index (χ3v) is 12.7. The van der Waals surface area contributed by atoms with Crippen molar-refractivity contribution in [2.24, 2.45) is 9.98 Å². The van der Waals surface area contributed by atoms with Crippen LogP contribution in [0.3, 0.4) is 0 Å². The first-order chi connectivity index (χ1) is 28.7. The van der Waals surface area contributed by atoms with Crippen molar-refractivity contribution < 1.29 is 4.42 Å². The van der Waals surface area contributed by atoms with Gasteiger partial charge in [-0.1, -0.05) is 164 Å². The number of para-hydroxylation sites is 1. The maximum atomic E-state index is 6.14. The highest BCUT2D eigenvalue weighted by Crippen LogP contribution is 2.62. The van der Waals surface area contributed by atoms with E-state index in [0.717, 1.165) is 55.9 Å². The fourth-order valence-corrected chi connectivity index (χ4v) is 10.2. The normalized spacial score (nSPS) is 15.9. The molecule has 10 aromatic rings. The number of nitrogens with zero attached hydrogens (tertiary/aromatic N) is 2. The van der Waals surface area contributed by atoms with Gasteiger partial charge >= 0.3 is 0 Å². The van der Waals surface area contributed by atoms with Gasteiger partial charge in [0.1, 0.15) is 22.8 Å². The molecule has 0 radical (unpaired) electrons. The molecule has 0 saturated heterocycles. The Bertz CT molecular complexity index is 3370. The Labute approximate surface area is 334 Å². The topological polar surface area (TPSA) is 49.9 Å². The van der Waals surface area contributed by atoms with Gasteiger partial charge in [0.2, 0.25) is 0 Å². The van der Waals surface area contributed by atoms with Crippen LogP contribution in [0.5, 0.6) is 0 Å². The molecule has 0 amide bonds. The van der Waals surface area contributed by atoms with Crippen molar-refractivity contribution in [2.75, 3.05) is 0 Å². The summed E-state index contributed by atoms with van der Waals surface area (Å²) in [6.07, 6.45) is -0.424. The van der Waals surface area contributed by atoms with Crippen LogP contribution in [-0.2, 0) is 5.41 Å². The Morgan fingerprint density at radius 1 is 0.414 bits per heavy atom. The molecule has 1 spiro atoms. The fraction of sp³-hybridized carbons (Fsp3) is 0.0370. The van der Waals surface area contributed by atoms with Gasteiger partial charge in [0.25, 0.3) is 0 Å². The second-order valence-electron chi connectivity index (χ2n) is 15.7. The van der Waals surface area contributed by atoms with Crippen LogP contribution < -0.4 is 5.32 Å². The van der Waals surface area contributed by atoms with Gasteiger partial charge in [-0.15, -0.1) is 0 Å². The molecule has 1 N–H and O–H groups in total. The standard InChI is InChI=1S/C54H33N3O/c1-2-10-35(11-3-1)51-55-52(57-53(56-51)38-27-29-48-42(31-38)40-15-5-7-19-47(40)58-48)36-24-20-32(21-25-36)37-26-28-44-41(30-37)39-14-4-6-16-43(39)54(44)45-17-8-12-33-22-23-34-13-9-18-46(54)50(34)49(33)45/h1-31,53H,(H,55,56,57). The third kappa shape index (κ3) is 4.29. The molecule has 0 fully saturated rings. The van der Waals surface area contributed by atoms with Gasteiger partial charge in [-0.05, 0) is 95.9 Å². The van der Waals surface area contributed by atoms with Gasteiger partial charge in [-0.25, -0.2) is 9.98 Å². The van der Waals surface area contributed by atoms with Crippen molar-refractivity contribution in [2.45, 2.75) is 11.6 Å². The molecule has 1 unspecified atom stereocenters. The Morgan fingerprint density at radius 2 is 1.02 bits per heavy atom. The molecule has 9 aromatic carbocycles. The molecule has 0 saturated carbocycles. The van der Waals surface area contributed by atoms with E-state index in [1.807, 2.05) is 42.5 Å². The SMILES string of the molecule is c1ccc(C2=NC(c3ccc4oc5ccccc5c4c3)N=C(c3ccc(-c4ccc5c(c4)-c4ccccc4C54c5cccc6ccc7cccc4c7c56)cc3)N2)cc1. The molecular formula is C54H33N3O. The zero-order chi connectivity index (χ0) is 38.0. The maximum absolute atomic E-state index is 6.14. The van der Waals surface area contributed by atoms with Crippen molar-refractivity contribution >= 4 is 55.2 Å². The van der Waals surface area contributed by atoms with E-state index in [9.17, 15) is 0 Å². The van der Waals surface area contributed by atoms with Crippen LogP contribution >= 0.6 is 0 Å². The zero-order valence-electron chi connectivity index (χ0n) is 31.3. The van der Waals surface area contributed by atoms with E-state index in [4.69, 9.17) is 14.4 Å². The number of rotatable bonds is 4. The van der Waals surface area contributed by atoms with Gasteiger partial charge in [0, 0.05) is 21.9 Å².